The van der Waals surface area contributed by atoms with Crippen LogP contribution in [0.2, 0.25) is 0 Å². The van der Waals surface area contributed by atoms with Gasteiger partial charge in [0.25, 0.3) is 10.1 Å². The van der Waals surface area contributed by atoms with Gasteiger partial charge in [-0.05, 0) is 55.5 Å². The molecule has 1 aromatic rings. The van der Waals surface area contributed by atoms with Gasteiger partial charge in [-0.25, -0.2) is 0 Å². The summed E-state index contributed by atoms with van der Waals surface area (Å²) in [6.45, 7) is 10.00. The van der Waals surface area contributed by atoms with Gasteiger partial charge in [-0.1, -0.05) is 82.9 Å². The third-order valence-corrected chi connectivity index (χ3v) is 7.10. The quantitative estimate of drug-likeness (QED) is 0.100. The molecule has 0 unspecified atom stereocenters. The van der Waals surface area contributed by atoms with Crippen molar-refractivity contribution in [1.82, 2.24) is 0 Å². The monoisotopic (exact) mass is 544 g/mol. The van der Waals surface area contributed by atoms with Crippen molar-refractivity contribution in [3.05, 3.63) is 29.8 Å². The normalized spacial score (nSPS) is 11.3. The van der Waals surface area contributed by atoms with Crippen molar-refractivity contribution in [2.45, 2.75) is 103 Å². The Kier molecular flexibility index (Phi) is 18.9. The van der Waals surface area contributed by atoms with Crippen molar-refractivity contribution in [1.29, 1.82) is 0 Å². The maximum absolute atomic E-state index is 10.5. The predicted octanol–water partition coefficient (Wildman–Crippen LogP) is 7.75. The zero-order chi connectivity index (χ0) is 25.0. The lowest BCUT2D eigenvalue weighted by Gasteiger charge is -2.33. The lowest BCUT2D eigenvalue weighted by Crippen LogP contribution is -2.45. The van der Waals surface area contributed by atoms with E-state index in [4.69, 9.17) is 4.55 Å². The Bertz CT molecular complexity index is 751. The molecule has 0 radical (unpaired) electrons. The average molecular weight is 546 g/mol. The SMILES string of the molecule is CCCCCCCC[N+](C)(CC#CBr)CCCCCCCC.Cc1ccc(S(=O)(=O)O)cc1. The molecule has 0 aliphatic rings. The van der Waals surface area contributed by atoms with Crippen LogP contribution in [0.5, 0.6) is 0 Å². The highest BCUT2D eigenvalue weighted by Gasteiger charge is 2.19. The summed E-state index contributed by atoms with van der Waals surface area (Å²) in [5.74, 6) is 3.25. The van der Waals surface area contributed by atoms with Gasteiger partial charge in [0.05, 0.1) is 25.0 Å². The van der Waals surface area contributed by atoms with Crippen LogP contribution in [0, 0.1) is 17.7 Å². The van der Waals surface area contributed by atoms with Gasteiger partial charge in [0.2, 0.25) is 0 Å². The van der Waals surface area contributed by atoms with Gasteiger partial charge in [0.1, 0.15) is 6.54 Å². The van der Waals surface area contributed by atoms with Crippen molar-refractivity contribution < 1.29 is 17.5 Å². The molecular formula is C27H47BrNO3S+. The Morgan fingerprint density at radius 1 is 0.818 bits per heavy atom. The third kappa shape index (κ3) is 18.2. The minimum atomic E-state index is -4.02. The van der Waals surface area contributed by atoms with E-state index in [2.05, 4.69) is 47.6 Å². The summed E-state index contributed by atoms with van der Waals surface area (Å²) in [7, 11) is -1.62. The van der Waals surface area contributed by atoms with Crippen LogP contribution in [0.4, 0.5) is 0 Å². The number of quaternary nitrogens is 1. The maximum atomic E-state index is 10.5. The molecule has 33 heavy (non-hydrogen) atoms. The van der Waals surface area contributed by atoms with Gasteiger partial charge in [0.15, 0.2) is 0 Å². The fourth-order valence-electron chi connectivity index (χ4n) is 3.75. The molecule has 0 saturated heterocycles. The van der Waals surface area contributed by atoms with E-state index in [1.807, 2.05) is 6.92 Å². The first-order valence-corrected chi connectivity index (χ1v) is 14.9. The number of nitrogens with zero attached hydrogens (tertiary/aromatic N) is 1. The zero-order valence-electron chi connectivity index (χ0n) is 21.4. The molecule has 0 atom stereocenters. The van der Waals surface area contributed by atoms with E-state index >= 15 is 0 Å². The molecule has 0 aliphatic heterocycles. The van der Waals surface area contributed by atoms with Crippen LogP contribution >= 0.6 is 15.9 Å². The molecule has 0 saturated carbocycles. The van der Waals surface area contributed by atoms with E-state index in [1.165, 1.54) is 102 Å². The molecule has 0 aromatic heterocycles. The summed E-state index contributed by atoms with van der Waals surface area (Å²) in [5, 5.41) is 0. The second kappa shape index (κ2) is 19.4. The number of benzene rings is 1. The van der Waals surface area contributed by atoms with Crippen molar-refractivity contribution in [2.75, 3.05) is 26.7 Å². The first-order chi connectivity index (χ1) is 15.7. The average Bonchev–Trinajstić information content (AvgIpc) is 2.77. The summed E-state index contributed by atoms with van der Waals surface area (Å²) in [6, 6.07) is 5.99. The Morgan fingerprint density at radius 2 is 1.24 bits per heavy atom. The molecule has 0 aliphatic carbocycles. The van der Waals surface area contributed by atoms with Crippen molar-refractivity contribution in [3.63, 3.8) is 0 Å². The smallest absolute Gasteiger partial charge is 0.294 e. The van der Waals surface area contributed by atoms with Crippen LogP contribution in [-0.4, -0.2) is 44.1 Å². The Morgan fingerprint density at radius 3 is 1.64 bits per heavy atom. The first-order valence-electron chi connectivity index (χ1n) is 12.6. The summed E-state index contributed by atoms with van der Waals surface area (Å²) < 4.78 is 30.7. The molecule has 1 aromatic carbocycles. The number of rotatable bonds is 16. The van der Waals surface area contributed by atoms with Crippen LogP contribution < -0.4 is 0 Å². The molecule has 0 bridgehead atoms. The van der Waals surface area contributed by atoms with E-state index in [0.717, 1.165) is 16.6 Å². The Balaban J connectivity index is 0.000000771. The molecule has 1 N–H and O–H groups in total. The van der Waals surface area contributed by atoms with E-state index < -0.39 is 10.1 Å². The van der Waals surface area contributed by atoms with E-state index in [0.29, 0.717) is 0 Å². The van der Waals surface area contributed by atoms with E-state index in [9.17, 15) is 8.42 Å². The highest BCUT2D eigenvalue weighted by molar-refractivity contribution is 9.12. The molecule has 4 nitrogen and oxygen atoms in total. The maximum Gasteiger partial charge on any atom is 0.294 e. The molecule has 0 spiro atoms. The van der Waals surface area contributed by atoms with Crippen molar-refractivity contribution in [3.8, 4) is 10.8 Å². The van der Waals surface area contributed by atoms with E-state index in [-0.39, 0.29) is 4.90 Å². The second-order valence-corrected chi connectivity index (χ2v) is 11.1. The highest BCUT2D eigenvalue weighted by atomic mass is 79.9. The number of halogens is 1. The summed E-state index contributed by atoms with van der Waals surface area (Å²) in [4.78, 5) is 2.84. The molecular weight excluding hydrogens is 498 g/mol. The summed E-state index contributed by atoms with van der Waals surface area (Å²) in [6.07, 6.45) is 16.6. The number of unbranched alkanes of at least 4 members (excludes halogenated alkanes) is 10. The molecule has 0 heterocycles. The minimum Gasteiger partial charge on any atom is -0.316 e. The number of aryl methyl sites for hydroxylation is 1. The van der Waals surface area contributed by atoms with Crippen LogP contribution in [0.1, 0.15) is 96.5 Å². The fraction of sp³-hybridized carbons (Fsp3) is 0.704. The lowest BCUT2D eigenvalue weighted by molar-refractivity contribution is -0.903. The van der Waals surface area contributed by atoms with Gasteiger partial charge in [-0.15, -0.1) is 0 Å². The molecule has 0 fully saturated rings. The van der Waals surface area contributed by atoms with Crippen LogP contribution in [0.25, 0.3) is 0 Å². The van der Waals surface area contributed by atoms with Crippen molar-refractivity contribution in [2.24, 2.45) is 0 Å². The van der Waals surface area contributed by atoms with Gasteiger partial charge >= 0.3 is 0 Å². The molecule has 0 amide bonds. The van der Waals surface area contributed by atoms with Gasteiger partial charge in [0, 0.05) is 15.9 Å². The van der Waals surface area contributed by atoms with E-state index in [1.54, 1.807) is 12.1 Å². The topological polar surface area (TPSA) is 54.4 Å². The predicted molar refractivity (Wildman–Crippen MR) is 145 cm³/mol. The largest absolute Gasteiger partial charge is 0.316 e. The van der Waals surface area contributed by atoms with Crippen LogP contribution in [-0.2, 0) is 10.1 Å². The first kappa shape index (κ1) is 32.1. The molecule has 190 valence electrons. The second-order valence-electron chi connectivity index (χ2n) is 9.32. The molecule has 6 heteroatoms. The van der Waals surface area contributed by atoms with Crippen LogP contribution in [0.3, 0.4) is 0 Å². The fourth-order valence-corrected chi connectivity index (χ4v) is 4.35. The Hall–Kier alpha value is -0.870. The van der Waals surface area contributed by atoms with Gasteiger partial charge in [-0.3, -0.25) is 4.55 Å². The standard InChI is InChI=1S/C20H39BrN.C7H8O3S/c1-4-6-8-10-12-14-18-22(3,20-16-17-21)19-15-13-11-9-7-5-2;1-6-2-4-7(5-3-6)11(8,9)10/h4-15,18-20H2,1-3H3;2-5H,1H3,(H,8,9,10)/q+1;. The van der Waals surface area contributed by atoms with Crippen LogP contribution in [0.15, 0.2) is 29.2 Å². The van der Waals surface area contributed by atoms with Crippen molar-refractivity contribution >= 4 is 26.0 Å². The number of hydrogen-bond acceptors (Lipinski definition) is 2. The van der Waals surface area contributed by atoms with Gasteiger partial charge < -0.3 is 4.48 Å². The zero-order valence-corrected chi connectivity index (χ0v) is 23.8. The third-order valence-electron chi connectivity index (χ3n) is 5.95. The lowest BCUT2D eigenvalue weighted by atomic mass is 10.1. The van der Waals surface area contributed by atoms with Gasteiger partial charge in [-0.2, -0.15) is 8.42 Å². The Labute approximate surface area is 213 Å². The number of hydrogen-bond donors (Lipinski definition) is 1. The summed E-state index contributed by atoms with van der Waals surface area (Å²) >= 11 is 3.25. The minimum absolute atomic E-state index is 0.0666. The molecule has 1 rings (SSSR count). The highest BCUT2D eigenvalue weighted by Crippen LogP contribution is 2.13. The summed E-state index contributed by atoms with van der Waals surface area (Å²) in [5.41, 5.74) is 0.956.